The molecule has 0 radical (unpaired) electrons. The Balaban J connectivity index is 2.04. The molecule has 0 saturated carbocycles. The predicted molar refractivity (Wildman–Crippen MR) is 64.8 cm³/mol. The number of ether oxygens (including phenoxy) is 1. The van der Waals surface area contributed by atoms with E-state index in [2.05, 4.69) is 4.98 Å². The second-order valence-corrected chi connectivity index (χ2v) is 3.61. The minimum atomic E-state index is 0.858. The quantitative estimate of drug-likeness (QED) is 0.679. The summed E-state index contributed by atoms with van der Waals surface area (Å²) in [5.41, 5.74) is 1.09. The lowest BCUT2D eigenvalue weighted by Crippen LogP contribution is -1.83. The number of aromatic amines is 1. The van der Waals surface area contributed by atoms with Crippen LogP contribution >= 0.6 is 0 Å². The smallest absolute Gasteiger partial charge is 0.136 e. The van der Waals surface area contributed by atoms with E-state index in [-0.39, 0.29) is 0 Å². The lowest BCUT2D eigenvalue weighted by molar-refractivity contribution is 0.488. The number of H-pyrrole nitrogens is 1. The fourth-order valence-electron chi connectivity index (χ4n) is 1.76. The van der Waals surface area contributed by atoms with Crippen molar-refractivity contribution >= 4 is 10.9 Å². The predicted octanol–water partition coefficient (Wildman–Crippen LogP) is 3.96. The van der Waals surface area contributed by atoms with Crippen LogP contribution in [0, 0.1) is 0 Å². The molecule has 3 rings (SSSR count). The van der Waals surface area contributed by atoms with Crippen LogP contribution in [0.2, 0.25) is 0 Å². The number of hydrogen-bond acceptors (Lipinski definition) is 1. The van der Waals surface area contributed by atoms with Crippen molar-refractivity contribution in [2.24, 2.45) is 0 Å². The number of benzene rings is 2. The SMILES string of the molecule is c1ccc(Oc2cccc3[nH]ccc23)cc1. The van der Waals surface area contributed by atoms with E-state index in [0.717, 1.165) is 22.4 Å². The molecule has 0 fully saturated rings. The standard InChI is InChI=1S/C14H11NO/c1-2-5-11(6-3-1)16-14-8-4-7-13-12(14)9-10-15-13/h1-10,15H. The molecule has 0 bridgehead atoms. The summed E-state index contributed by atoms with van der Waals surface area (Å²) < 4.78 is 5.83. The number of aromatic nitrogens is 1. The van der Waals surface area contributed by atoms with Crippen LogP contribution < -0.4 is 4.74 Å². The van der Waals surface area contributed by atoms with Crippen molar-refractivity contribution in [2.75, 3.05) is 0 Å². The van der Waals surface area contributed by atoms with E-state index in [9.17, 15) is 0 Å². The summed E-state index contributed by atoms with van der Waals surface area (Å²) in [7, 11) is 0. The molecule has 2 aromatic carbocycles. The Kier molecular flexibility index (Phi) is 2.11. The Labute approximate surface area is 93.5 Å². The topological polar surface area (TPSA) is 25.0 Å². The Bertz CT molecular complexity index is 598. The van der Waals surface area contributed by atoms with Gasteiger partial charge in [0.05, 0.1) is 0 Å². The molecule has 0 unspecified atom stereocenters. The molecule has 0 saturated heterocycles. The molecule has 2 heteroatoms. The summed E-state index contributed by atoms with van der Waals surface area (Å²) in [5, 5.41) is 1.10. The van der Waals surface area contributed by atoms with E-state index in [4.69, 9.17) is 4.74 Å². The summed E-state index contributed by atoms with van der Waals surface area (Å²) in [6, 6.07) is 17.8. The monoisotopic (exact) mass is 209 g/mol. The van der Waals surface area contributed by atoms with Gasteiger partial charge in [-0.15, -0.1) is 0 Å². The fourth-order valence-corrected chi connectivity index (χ4v) is 1.76. The van der Waals surface area contributed by atoms with Gasteiger partial charge in [0.2, 0.25) is 0 Å². The van der Waals surface area contributed by atoms with E-state index in [1.807, 2.05) is 60.8 Å². The van der Waals surface area contributed by atoms with Crippen LogP contribution in [0.15, 0.2) is 60.8 Å². The second-order valence-electron chi connectivity index (χ2n) is 3.61. The first-order valence-electron chi connectivity index (χ1n) is 5.22. The Morgan fingerprint density at radius 2 is 1.69 bits per heavy atom. The summed E-state index contributed by atoms with van der Waals surface area (Å²) in [6.45, 7) is 0. The lowest BCUT2D eigenvalue weighted by atomic mass is 10.2. The molecule has 1 N–H and O–H groups in total. The molecule has 0 amide bonds. The van der Waals surface area contributed by atoms with Crippen LogP contribution in [0.5, 0.6) is 11.5 Å². The van der Waals surface area contributed by atoms with Crippen molar-refractivity contribution in [3.63, 3.8) is 0 Å². The van der Waals surface area contributed by atoms with Crippen LogP contribution in [0.1, 0.15) is 0 Å². The average molecular weight is 209 g/mol. The van der Waals surface area contributed by atoms with E-state index in [1.54, 1.807) is 0 Å². The maximum Gasteiger partial charge on any atom is 0.136 e. The van der Waals surface area contributed by atoms with Gasteiger partial charge in [-0.2, -0.15) is 0 Å². The van der Waals surface area contributed by atoms with Crippen LogP contribution in [0.3, 0.4) is 0 Å². The third kappa shape index (κ3) is 1.54. The molecule has 1 aromatic heterocycles. The van der Waals surface area contributed by atoms with E-state index >= 15 is 0 Å². The van der Waals surface area contributed by atoms with Gasteiger partial charge in [0.1, 0.15) is 11.5 Å². The number of fused-ring (bicyclic) bond motifs is 1. The highest BCUT2D eigenvalue weighted by molar-refractivity contribution is 5.85. The number of hydrogen-bond donors (Lipinski definition) is 1. The summed E-state index contributed by atoms with van der Waals surface area (Å²) >= 11 is 0. The number of rotatable bonds is 2. The first kappa shape index (κ1) is 9.04. The van der Waals surface area contributed by atoms with Crippen LogP contribution in [-0.4, -0.2) is 4.98 Å². The second kappa shape index (κ2) is 3.74. The molecule has 0 aliphatic carbocycles. The molecule has 0 aliphatic rings. The molecule has 1 heterocycles. The fraction of sp³-hybridized carbons (Fsp3) is 0. The highest BCUT2D eigenvalue weighted by atomic mass is 16.5. The third-order valence-corrected chi connectivity index (χ3v) is 2.53. The zero-order valence-electron chi connectivity index (χ0n) is 8.68. The van der Waals surface area contributed by atoms with E-state index < -0.39 is 0 Å². The molecule has 16 heavy (non-hydrogen) atoms. The van der Waals surface area contributed by atoms with Crippen molar-refractivity contribution in [1.82, 2.24) is 4.98 Å². The molecular weight excluding hydrogens is 198 g/mol. The van der Waals surface area contributed by atoms with Gasteiger partial charge < -0.3 is 9.72 Å². The largest absolute Gasteiger partial charge is 0.457 e. The Morgan fingerprint density at radius 1 is 0.812 bits per heavy atom. The van der Waals surface area contributed by atoms with Crippen molar-refractivity contribution in [3.8, 4) is 11.5 Å². The first-order chi connectivity index (χ1) is 7.93. The number of nitrogens with one attached hydrogen (secondary N) is 1. The van der Waals surface area contributed by atoms with Gasteiger partial charge in [-0.3, -0.25) is 0 Å². The normalized spacial score (nSPS) is 10.5. The van der Waals surface area contributed by atoms with Gasteiger partial charge in [0, 0.05) is 17.1 Å². The van der Waals surface area contributed by atoms with Crippen LogP contribution in [0.25, 0.3) is 10.9 Å². The number of para-hydroxylation sites is 1. The van der Waals surface area contributed by atoms with Gasteiger partial charge in [-0.1, -0.05) is 24.3 Å². The van der Waals surface area contributed by atoms with Gasteiger partial charge in [0.15, 0.2) is 0 Å². The van der Waals surface area contributed by atoms with Gasteiger partial charge in [-0.25, -0.2) is 0 Å². The molecule has 2 nitrogen and oxygen atoms in total. The molecule has 0 aliphatic heterocycles. The molecular formula is C14H11NO. The van der Waals surface area contributed by atoms with Crippen molar-refractivity contribution in [2.45, 2.75) is 0 Å². The van der Waals surface area contributed by atoms with Crippen molar-refractivity contribution in [3.05, 3.63) is 60.8 Å². The zero-order chi connectivity index (χ0) is 10.8. The van der Waals surface area contributed by atoms with Crippen molar-refractivity contribution < 1.29 is 4.74 Å². The van der Waals surface area contributed by atoms with Gasteiger partial charge >= 0.3 is 0 Å². The molecule has 78 valence electrons. The molecule has 3 aromatic rings. The van der Waals surface area contributed by atoms with Gasteiger partial charge in [0.25, 0.3) is 0 Å². The van der Waals surface area contributed by atoms with Gasteiger partial charge in [-0.05, 0) is 30.3 Å². The van der Waals surface area contributed by atoms with Crippen molar-refractivity contribution in [1.29, 1.82) is 0 Å². The summed E-state index contributed by atoms with van der Waals surface area (Å²) in [5.74, 6) is 1.74. The third-order valence-electron chi connectivity index (χ3n) is 2.53. The zero-order valence-corrected chi connectivity index (χ0v) is 8.68. The minimum absolute atomic E-state index is 0.858. The highest BCUT2D eigenvalue weighted by Gasteiger charge is 2.02. The highest BCUT2D eigenvalue weighted by Crippen LogP contribution is 2.28. The Morgan fingerprint density at radius 3 is 2.56 bits per heavy atom. The first-order valence-corrected chi connectivity index (χ1v) is 5.22. The average Bonchev–Trinajstić information content (AvgIpc) is 2.80. The van der Waals surface area contributed by atoms with Crippen LogP contribution in [-0.2, 0) is 0 Å². The van der Waals surface area contributed by atoms with E-state index in [0.29, 0.717) is 0 Å². The minimum Gasteiger partial charge on any atom is -0.457 e. The van der Waals surface area contributed by atoms with Crippen LogP contribution in [0.4, 0.5) is 0 Å². The van der Waals surface area contributed by atoms with E-state index in [1.165, 1.54) is 0 Å². The summed E-state index contributed by atoms with van der Waals surface area (Å²) in [4.78, 5) is 3.17. The lowest BCUT2D eigenvalue weighted by Gasteiger charge is -2.06. The molecule has 0 spiro atoms. The molecule has 0 atom stereocenters. The Hall–Kier alpha value is -2.22. The maximum absolute atomic E-state index is 5.83. The maximum atomic E-state index is 5.83. The summed E-state index contributed by atoms with van der Waals surface area (Å²) in [6.07, 6.45) is 1.92.